The number of aromatic carboxylic acids is 1. The van der Waals surface area contributed by atoms with Crippen LogP contribution in [0.3, 0.4) is 0 Å². The van der Waals surface area contributed by atoms with Crippen LogP contribution in [0.1, 0.15) is 21.5 Å². The number of hydrogen-bond donors (Lipinski definition) is 3. The van der Waals surface area contributed by atoms with Crippen molar-refractivity contribution in [1.82, 2.24) is 5.32 Å². The van der Waals surface area contributed by atoms with Crippen LogP contribution in [0.25, 0.3) is 6.08 Å². The van der Waals surface area contributed by atoms with E-state index in [2.05, 4.69) is 10.6 Å². The van der Waals surface area contributed by atoms with Crippen molar-refractivity contribution in [3.05, 3.63) is 106 Å². The Bertz CT molecular complexity index is 1230. The number of hydrogen-bond acceptors (Lipinski definition) is 3. The molecular weight excluding hydrogens is 466 g/mol. The third-order valence-corrected chi connectivity index (χ3v) is 5.09. The first-order valence-corrected chi connectivity index (χ1v) is 10.4. The molecule has 1 atom stereocenters. The number of halogens is 3. The highest BCUT2D eigenvalue weighted by atomic mass is 35.5. The van der Waals surface area contributed by atoms with Gasteiger partial charge in [-0.25, -0.2) is 13.6 Å². The Hall–Kier alpha value is -4.04. The standard InChI is InChI=1S/C25H19ClF2N2O4/c26-19-11-12-20(27)18(23(19)28)10-13-22(31)30-21(14-15-4-2-1-3-5-15)24(32)29-17-8-6-16(7-9-17)25(33)34/h1-13,21H,14H2,(H,29,32)(H,30,31)(H,33,34)/b13-10+/t21-/m0/s1. The van der Waals surface area contributed by atoms with Gasteiger partial charge in [-0.1, -0.05) is 41.9 Å². The molecule has 0 aromatic heterocycles. The fourth-order valence-corrected chi connectivity index (χ4v) is 3.22. The quantitative estimate of drug-likeness (QED) is 0.319. The van der Waals surface area contributed by atoms with E-state index in [0.29, 0.717) is 5.69 Å². The molecule has 3 aromatic rings. The maximum atomic E-state index is 14.1. The lowest BCUT2D eigenvalue weighted by Crippen LogP contribution is -2.44. The minimum atomic E-state index is -1.11. The summed E-state index contributed by atoms with van der Waals surface area (Å²) in [4.78, 5) is 36.4. The maximum Gasteiger partial charge on any atom is 0.335 e. The molecule has 174 valence electrons. The van der Waals surface area contributed by atoms with Crippen molar-refractivity contribution >= 4 is 41.1 Å². The Morgan fingerprint density at radius 2 is 1.65 bits per heavy atom. The number of carboxylic acids is 1. The monoisotopic (exact) mass is 484 g/mol. The van der Waals surface area contributed by atoms with Gasteiger partial charge in [0.1, 0.15) is 11.9 Å². The summed E-state index contributed by atoms with van der Waals surface area (Å²) in [6.07, 6.45) is 1.98. The van der Waals surface area contributed by atoms with Gasteiger partial charge in [0.2, 0.25) is 11.8 Å². The molecule has 0 spiro atoms. The van der Waals surface area contributed by atoms with Crippen molar-refractivity contribution in [1.29, 1.82) is 0 Å². The smallest absolute Gasteiger partial charge is 0.335 e. The molecule has 0 fully saturated rings. The zero-order valence-electron chi connectivity index (χ0n) is 17.6. The lowest BCUT2D eigenvalue weighted by Gasteiger charge is -2.18. The molecule has 0 saturated carbocycles. The number of carboxylic acid groups (broad SMARTS) is 1. The molecule has 9 heteroatoms. The molecule has 3 rings (SSSR count). The fourth-order valence-electron chi connectivity index (χ4n) is 3.06. The molecule has 0 aliphatic rings. The van der Waals surface area contributed by atoms with Gasteiger partial charge in [0.25, 0.3) is 0 Å². The Balaban J connectivity index is 1.77. The highest BCUT2D eigenvalue weighted by Crippen LogP contribution is 2.22. The Kier molecular flexibility index (Phi) is 8.10. The van der Waals surface area contributed by atoms with E-state index in [-0.39, 0.29) is 17.0 Å². The largest absolute Gasteiger partial charge is 0.478 e. The molecule has 6 nitrogen and oxygen atoms in total. The van der Waals surface area contributed by atoms with Gasteiger partial charge in [0, 0.05) is 23.7 Å². The molecular formula is C25H19ClF2N2O4. The highest BCUT2D eigenvalue weighted by molar-refractivity contribution is 6.30. The van der Waals surface area contributed by atoms with Crippen LogP contribution >= 0.6 is 11.6 Å². The van der Waals surface area contributed by atoms with Crippen molar-refractivity contribution in [2.75, 3.05) is 5.32 Å². The number of carbonyl (C=O) groups is 3. The second-order valence-electron chi connectivity index (χ2n) is 7.21. The SMILES string of the molecule is O=C(/C=C/c1c(F)ccc(Cl)c1F)N[C@@H](Cc1ccccc1)C(=O)Nc1ccc(C(=O)O)cc1. The van der Waals surface area contributed by atoms with Gasteiger partial charge in [-0.2, -0.15) is 0 Å². The Morgan fingerprint density at radius 1 is 0.971 bits per heavy atom. The summed E-state index contributed by atoms with van der Waals surface area (Å²) in [6, 6.07) is 15.4. The van der Waals surface area contributed by atoms with Gasteiger partial charge in [-0.15, -0.1) is 0 Å². The number of carbonyl (C=O) groups excluding carboxylic acids is 2. The summed E-state index contributed by atoms with van der Waals surface area (Å²) in [7, 11) is 0. The van der Waals surface area contributed by atoms with E-state index in [1.807, 2.05) is 0 Å². The van der Waals surface area contributed by atoms with Crippen LogP contribution in [0, 0.1) is 11.6 Å². The molecule has 0 unspecified atom stereocenters. The third kappa shape index (κ3) is 6.49. The lowest BCUT2D eigenvalue weighted by molar-refractivity contribution is -0.123. The number of benzene rings is 3. The van der Waals surface area contributed by atoms with Gasteiger partial charge >= 0.3 is 5.97 Å². The summed E-state index contributed by atoms with van der Waals surface area (Å²) < 4.78 is 28.0. The molecule has 3 N–H and O–H groups in total. The van der Waals surface area contributed by atoms with E-state index in [9.17, 15) is 23.2 Å². The van der Waals surface area contributed by atoms with E-state index in [0.717, 1.165) is 29.8 Å². The number of anilines is 1. The molecule has 3 aromatic carbocycles. The summed E-state index contributed by atoms with van der Waals surface area (Å²) in [5, 5.41) is 13.9. The molecule has 0 saturated heterocycles. The van der Waals surface area contributed by atoms with Gasteiger partial charge in [-0.05, 0) is 48.0 Å². The van der Waals surface area contributed by atoms with Crippen LogP contribution in [-0.4, -0.2) is 28.9 Å². The molecule has 0 aliphatic heterocycles. The molecule has 0 bridgehead atoms. The van der Waals surface area contributed by atoms with Crippen LogP contribution in [-0.2, 0) is 16.0 Å². The van der Waals surface area contributed by atoms with Crippen molar-refractivity contribution in [3.8, 4) is 0 Å². The maximum absolute atomic E-state index is 14.1. The molecule has 0 aliphatic carbocycles. The van der Waals surface area contributed by atoms with Crippen molar-refractivity contribution < 1.29 is 28.3 Å². The first-order chi connectivity index (χ1) is 16.2. The predicted octanol–water partition coefficient (Wildman–Crippen LogP) is 4.70. The van der Waals surface area contributed by atoms with Crippen molar-refractivity contribution in [3.63, 3.8) is 0 Å². The average Bonchev–Trinajstić information content (AvgIpc) is 2.82. The highest BCUT2D eigenvalue weighted by Gasteiger charge is 2.21. The van der Waals surface area contributed by atoms with E-state index in [4.69, 9.17) is 16.7 Å². The van der Waals surface area contributed by atoms with Crippen LogP contribution in [0.2, 0.25) is 5.02 Å². The second-order valence-corrected chi connectivity index (χ2v) is 7.62. The van der Waals surface area contributed by atoms with E-state index in [1.54, 1.807) is 30.3 Å². The Morgan fingerprint density at radius 3 is 2.29 bits per heavy atom. The summed E-state index contributed by atoms with van der Waals surface area (Å²) >= 11 is 5.66. The topological polar surface area (TPSA) is 95.5 Å². The number of nitrogens with one attached hydrogen (secondary N) is 2. The summed E-state index contributed by atoms with van der Waals surface area (Å²) in [6.45, 7) is 0. The van der Waals surface area contributed by atoms with Gasteiger partial charge in [-0.3, -0.25) is 9.59 Å². The van der Waals surface area contributed by atoms with E-state index >= 15 is 0 Å². The van der Waals surface area contributed by atoms with Crippen LogP contribution in [0.5, 0.6) is 0 Å². The van der Waals surface area contributed by atoms with E-state index < -0.39 is 41.0 Å². The summed E-state index contributed by atoms with van der Waals surface area (Å²) in [5.41, 5.74) is 0.670. The number of rotatable bonds is 8. The minimum Gasteiger partial charge on any atom is -0.478 e. The third-order valence-electron chi connectivity index (χ3n) is 4.80. The van der Waals surface area contributed by atoms with Crippen LogP contribution in [0.4, 0.5) is 14.5 Å². The van der Waals surface area contributed by atoms with Gasteiger partial charge in [0.15, 0.2) is 5.82 Å². The zero-order valence-corrected chi connectivity index (χ0v) is 18.4. The second kappa shape index (κ2) is 11.2. The summed E-state index contributed by atoms with van der Waals surface area (Å²) in [5.74, 6) is -4.32. The fraction of sp³-hybridized carbons (Fsp3) is 0.0800. The molecule has 2 amide bonds. The zero-order chi connectivity index (χ0) is 24.7. The molecule has 34 heavy (non-hydrogen) atoms. The van der Waals surface area contributed by atoms with Crippen molar-refractivity contribution in [2.45, 2.75) is 12.5 Å². The Labute approximate surface area is 198 Å². The first-order valence-electron chi connectivity index (χ1n) is 10.0. The normalized spacial score (nSPS) is 11.7. The lowest BCUT2D eigenvalue weighted by atomic mass is 10.0. The van der Waals surface area contributed by atoms with Crippen molar-refractivity contribution in [2.24, 2.45) is 0 Å². The van der Waals surface area contributed by atoms with E-state index in [1.165, 1.54) is 24.3 Å². The van der Waals surface area contributed by atoms with Gasteiger partial charge < -0.3 is 15.7 Å². The number of amides is 2. The predicted molar refractivity (Wildman–Crippen MR) is 125 cm³/mol. The average molecular weight is 485 g/mol. The van der Waals surface area contributed by atoms with Gasteiger partial charge in [0.05, 0.1) is 10.6 Å². The first kappa shape index (κ1) is 24.6. The molecule has 0 heterocycles. The van der Waals surface area contributed by atoms with Crippen LogP contribution < -0.4 is 10.6 Å². The molecule has 0 radical (unpaired) electrons. The minimum absolute atomic E-state index is 0.0535. The van der Waals surface area contributed by atoms with Crippen LogP contribution in [0.15, 0.2) is 72.8 Å².